The van der Waals surface area contributed by atoms with Gasteiger partial charge in [-0.2, -0.15) is 5.26 Å². The maximum absolute atomic E-state index is 11.0. The van der Waals surface area contributed by atoms with Crippen LogP contribution in [0.3, 0.4) is 0 Å². The molecule has 10 heteroatoms. The molecule has 208 valence electrons. The number of hydrogen-bond donors (Lipinski definition) is 3. The number of aliphatic hydroxyl groups is 2. The lowest BCUT2D eigenvalue weighted by molar-refractivity contribution is -0.163. The van der Waals surface area contributed by atoms with Crippen LogP contribution in [0.4, 0.5) is 0 Å². The summed E-state index contributed by atoms with van der Waals surface area (Å²) >= 11 is 8.24. The molecule has 5 heterocycles. The fourth-order valence-electron chi connectivity index (χ4n) is 6.14. The van der Waals surface area contributed by atoms with E-state index in [2.05, 4.69) is 33.2 Å². The number of fused-ring (bicyclic) bond motifs is 2. The Morgan fingerprint density at radius 1 is 1.20 bits per heavy atom. The predicted molar refractivity (Wildman–Crippen MR) is 159 cm³/mol. The SMILES string of the molecule is CCN1C(C)=CC(O)N(Cc2cc3nccc(-c4cc(Cl)cc5ccn(CC6(C#N)CCNCC6)c45)c3s2)C1O. The van der Waals surface area contributed by atoms with Gasteiger partial charge in [-0.3, -0.25) is 4.98 Å². The Bertz CT molecular complexity index is 1630. The third-order valence-corrected chi connectivity index (χ3v) is 9.65. The van der Waals surface area contributed by atoms with Crippen molar-refractivity contribution in [3.8, 4) is 17.2 Å². The summed E-state index contributed by atoms with van der Waals surface area (Å²) in [6, 6.07) is 12.7. The quantitative estimate of drug-likeness (QED) is 0.293. The van der Waals surface area contributed by atoms with Gasteiger partial charge >= 0.3 is 0 Å². The monoisotopic (exact) mass is 576 g/mol. The molecule has 2 atom stereocenters. The summed E-state index contributed by atoms with van der Waals surface area (Å²) in [5.74, 6) is 0. The molecule has 1 saturated heterocycles. The average Bonchev–Trinajstić information content (AvgIpc) is 3.54. The molecule has 1 fully saturated rings. The minimum absolute atomic E-state index is 0.378. The molecule has 0 bridgehead atoms. The lowest BCUT2D eigenvalue weighted by atomic mass is 9.80. The highest BCUT2D eigenvalue weighted by molar-refractivity contribution is 7.19. The highest BCUT2D eigenvalue weighted by atomic mass is 35.5. The summed E-state index contributed by atoms with van der Waals surface area (Å²) in [6.45, 7) is 7.21. The van der Waals surface area contributed by atoms with Crippen molar-refractivity contribution < 1.29 is 10.2 Å². The molecule has 0 radical (unpaired) electrons. The van der Waals surface area contributed by atoms with E-state index in [1.54, 1.807) is 22.3 Å². The van der Waals surface area contributed by atoms with Gasteiger partial charge in [0.2, 0.25) is 0 Å². The largest absolute Gasteiger partial charge is 0.374 e. The number of aromatic nitrogens is 2. The predicted octanol–water partition coefficient (Wildman–Crippen LogP) is 5.10. The van der Waals surface area contributed by atoms with E-state index in [-0.39, 0.29) is 0 Å². The molecule has 6 rings (SSSR count). The first-order chi connectivity index (χ1) is 19.3. The van der Waals surface area contributed by atoms with Crippen molar-refractivity contribution in [1.29, 1.82) is 5.26 Å². The minimum Gasteiger partial charge on any atom is -0.374 e. The van der Waals surface area contributed by atoms with Gasteiger partial charge in [0.1, 0.15) is 6.23 Å². The third-order valence-electron chi connectivity index (χ3n) is 8.29. The number of allylic oxidation sites excluding steroid dienone is 1. The van der Waals surface area contributed by atoms with Crippen LogP contribution >= 0.6 is 22.9 Å². The fourth-order valence-corrected chi connectivity index (χ4v) is 7.51. The molecule has 8 nitrogen and oxygen atoms in total. The van der Waals surface area contributed by atoms with Gasteiger partial charge in [-0.05, 0) is 76.2 Å². The van der Waals surface area contributed by atoms with Crippen molar-refractivity contribution in [1.82, 2.24) is 24.7 Å². The Balaban J connectivity index is 1.41. The summed E-state index contributed by atoms with van der Waals surface area (Å²) in [5, 5.41) is 36.9. The normalized spacial score (nSPS) is 21.6. The molecule has 0 spiro atoms. The standard InChI is InChI=1S/C30H33ClN6O2S/c1-3-36-19(2)12-26(38)37(29(36)39)16-22-15-25-28(40-22)23(4-8-34-25)24-14-21(31)13-20-5-11-35(27(20)24)18-30(17-32)6-9-33-10-7-30/h4-5,8,11-15,26,29,33,38-39H,3,6-7,9-10,16,18H2,1-2H3. The zero-order valence-electron chi connectivity index (χ0n) is 22.6. The lowest BCUT2D eigenvalue weighted by Gasteiger charge is -2.42. The number of nitrogens with zero attached hydrogens (tertiary/aromatic N) is 5. The number of pyridine rings is 1. The van der Waals surface area contributed by atoms with Crippen molar-refractivity contribution in [3.63, 3.8) is 0 Å². The van der Waals surface area contributed by atoms with Crippen LogP contribution in [0.15, 0.2) is 54.5 Å². The number of halogens is 1. The number of nitrogens with one attached hydrogen (secondary N) is 1. The van der Waals surface area contributed by atoms with Crippen LogP contribution in [0.5, 0.6) is 0 Å². The molecule has 0 amide bonds. The molecular formula is C30H33ClN6O2S. The Hall–Kier alpha value is -2.97. The van der Waals surface area contributed by atoms with Crippen molar-refractivity contribution >= 4 is 44.1 Å². The van der Waals surface area contributed by atoms with Gasteiger partial charge in [0, 0.05) is 64.1 Å². The van der Waals surface area contributed by atoms with Crippen LogP contribution in [-0.2, 0) is 13.1 Å². The third kappa shape index (κ3) is 4.79. The highest BCUT2D eigenvalue weighted by Gasteiger charge is 2.34. The van der Waals surface area contributed by atoms with Gasteiger partial charge in [-0.25, -0.2) is 4.90 Å². The second-order valence-corrected chi connectivity index (χ2v) is 12.4. The zero-order valence-corrected chi connectivity index (χ0v) is 24.2. The Morgan fingerprint density at radius 2 is 2.00 bits per heavy atom. The van der Waals surface area contributed by atoms with E-state index in [4.69, 9.17) is 11.6 Å². The maximum Gasteiger partial charge on any atom is 0.188 e. The molecule has 4 aromatic rings. The molecule has 2 unspecified atom stereocenters. The Labute approximate surface area is 242 Å². The van der Waals surface area contributed by atoms with Crippen LogP contribution in [-0.4, -0.2) is 61.8 Å². The van der Waals surface area contributed by atoms with Crippen molar-refractivity contribution in [2.24, 2.45) is 5.41 Å². The number of nitriles is 1. The smallest absolute Gasteiger partial charge is 0.188 e. The lowest BCUT2D eigenvalue weighted by Crippen LogP contribution is -2.54. The van der Waals surface area contributed by atoms with Crippen LogP contribution in [0.25, 0.3) is 32.2 Å². The van der Waals surface area contributed by atoms with E-state index in [1.807, 2.05) is 49.2 Å². The van der Waals surface area contributed by atoms with Crippen LogP contribution < -0.4 is 5.32 Å². The summed E-state index contributed by atoms with van der Waals surface area (Å²) < 4.78 is 3.23. The van der Waals surface area contributed by atoms with Crippen LogP contribution in [0, 0.1) is 16.7 Å². The number of thiophene rings is 1. The maximum atomic E-state index is 11.0. The molecule has 40 heavy (non-hydrogen) atoms. The second kappa shape index (κ2) is 10.8. The van der Waals surface area contributed by atoms with E-state index in [9.17, 15) is 15.5 Å². The molecule has 3 aromatic heterocycles. The minimum atomic E-state index is -0.916. The van der Waals surface area contributed by atoms with Gasteiger partial charge in [0.15, 0.2) is 6.35 Å². The van der Waals surface area contributed by atoms with Gasteiger partial charge in [0.25, 0.3) is 0 Å². The van der Waals surface area contributed by atoms with Crippen molar-refractivity contribution in [2.75, 3.05) is 19.6 Å². The molecule has 0 saturated carbocycles. The van der Waals surface area contributed by atoms with E-state index in [0.29, 0.717) is 24.7 Å². The molecule has 1 aromatic carbocycles. The van der Waals surface area contributed by atoms with Gasteiger partial charge in [-0.15, -0.1) is 11.3 Å². The van der Waals surface area contributed by atoms with E-state index in [0.717, 1.165) is 68.8 Å². The fraction of sp³-hybridized carbons (Fsp3) is 0.400. The first-order valence-corrected chi connectivity index (χ1v) is 14.9. The molecule has 3 N–H and O–H groups in total. The Kier molecular flexibility index (Phi) is 7.34. The summed E-state index contributed by atoms with van der Waals surface area (Å²) in [7, 11) is 0. The van der Waals surface area contributed by atoms with Crippen molar-refractivity contribution in [2.45, 2.75) is 52.4 Å². The molecule has 2 aliphatic heterocycles. The summed E-state index contributed by atoms with van der Waals surface area (Å²) in [6.07, 6.45) is 5.48. The first kappa shape index (κ1) is 27.2. The summed E-state index contributed by atoms with van der Waals surface area (Å²) in [5.41, 5.74) is 4.39. The van der Waals surface area contributed by atoms with E-state index in [1.165, 1.54) is 0 Å². The van der Waals surface area contributed by atoms with Gasteiger partial charge < -0.3 is 25.0 Å². The topological polar surface area (TPSA) is 101 Å². The van der Waals surface area contributed by atoms with E-state index >= 15 is 0 Å². The zero-order chi connectivity index (χ0) is 28.0. The first-order valence-electron chi connectivity index (χ1n) is 13.7. The number of piperidine rings is 1. The molecular weight excluding hydrogens is 544 g/mol. The average molecular weight is 577 g/mol. The highest BCUT2D eigenvalue weighted by Crippen LogP contribution is 2.41. The number of rotatable bonds is 6. The van der Waals surface area contributed by atoms with E-state index < -0.39 is 18.0 Å². The summed E-state index contributed by atoms with van der Waals surface area (Å²) in [4.78, 5) is 9.17. The molecule has 0 aliphatic carbocycles. The van der Waals surface area contributed by atoms with Gasteiger partial charge in [0.05, 0.1) is 27.2 Å². The van der Waals surface area contributed by atoms with Gasteiger partial charge in [-0.1, -0.05) is 11.6 Å². The number of aliphatic hydroxyl groups excluding tert-OH is 2. The number of benzene rings is 1. The van der Waals surface area contributed by atoms with Crippen LogP contribution in [0.1, 0.15) is 31.6 Å². The second-order valence-electron chi connectivity index (χ2n) is 10.8. The van der Waals surface area contributed by atoms with Crippen molar-refractivity contribution in [3.05, 3.63) is 64.4 Å². The Morgan fingerprint density at radius 3 is 2.75 bits per heavy atom. The molecule has 2 aliphatic rings. The van der Waals surface area contributed by atoms with Crippen LogP contribution in [0.2, 0.25) is 5.02 Å². The number of hydrogen-bond acceptors (Lipinski definition) is 8.